The molecular weight excluding hydrogens is 263 g/mol. The van der Waals surface area contributed by atoms with Gasteiger partial charge in [-0.2, -0.15) is 4.98 Å². The quantitative estimate of drug-likeness (QED) is 0.881. The van der Waals surface area contributed by atoms with Crippen molar-refractivity contribution in [2.75, 3.05) is 0 Å². The molecule has 6 nitrogen and oxygen atoms in total. The molecule has 0 aliphatic rings. The van der Waals surface area contributed by atoms with Crippen LogP contribution < -0.4 is 11.1 Å². The molecule has 0 radical (unpaired) electrons. The van der Waals surface area contributed by atoms with Gasteiger partial charge >= 0.3 is 0 Å². The molecule has 2 aromatic rings. The number of aromatic nitrogens is 2. The fourth-order valence-corrected chi connectivity index (χ4v) is 1.56. The van der Waals surface area contributed by atoms with E-state index >= 15 is 0 Å². The standard InChI is InChI=1S/C13H15FN4O2/c1-7(15)12(19)16-8(2)13-17-11(18-20-13)9-4-3-5-10(14)6-9/h3-8H,15H2,1-2H3,(H,16,19)/t7-,8?/m0/s1. The van der Waals surface area contributed by atoms with Gasteiger partial charge in [0.2, 0.25) is 17.6 Å². The van der Waals surface area contributed by atoms with Gasteiger partial charge in [-0.05, 0) is 26.0 Å². The van der Waals surface area contributed by atoms with Gasteiger partial charge in [-0.15, -0.1) is 0 Å². The predicted octanol–water partition coefficient (Wildman–Crippen LogP) is 1.40. The lowest BCUT2D eigenvalue weighted by molar-refractivity contribution is -0.122. The average Bonchev–Trinajstić information content (AvgIpc) is 2.88. The minimum atomic E-state index is -0.622. The van der Waals surface area contributed by atoms with Gasteiger partial charge in [-0.25, -0.2) is 4.39 Å². The van der Waals surface area contributed by atoms with Gasteiger partial charge in [0.05, 0.1) is 6.04 Å². The molecule has 2 atom stereocenters. The summed E-state index contributed by atoms with van der Waals surface area (Å²) in [7, 11) is 0. The second-order valence-corrected chi connectivity index (χ2v) is 4.49. The summed E-state index contributed by atoms with van der Waals surface area (Å²) in [5.74, 6) is -0.199. The van der Waals surface area contributed by atoms with E-state index in [0.29, 0.717) is 5.56 Å². The van der Waals surface area contributed by atoms with Gasteiger partial charge in [0, 0.05) is 5.56 Å². The van der Waals surface area contributed by atoms with E-state index < -0.39 is 12.1 Å². The molecular formula is C13H15FN4O2. The number of benzene rings is 1. The van der Waals surface area contributed by atoms with Crippen molar-refractivity contribution in [2.24, 2.45) is 5.73 Å². The third-order valence-corrected chi connectivity index (χ3v) is 2.67. The molecule has 7 heteroatoms. The molecule has 106 valence electrons. The molecule has 0 saturated carbocycles. The number of hydrogen-bond donors (Lipinski definition) is 2. The molecule has 1 heterocycles. The van der Waals surface area contributed by atoms with Crippen LogP contribution in [0, 0.1) is 5.82 Å². The fraction of sp³-hybridized carbons (Fsp3) is 0.308. The normalized spacial score (nSPS) is 13.8. The number of rotatable bonds is 4. The highest BCUT2D eigenvalue weighted by Crippen LogP contribution is 2.19. The Hall–Kier alpha value is -2.28. The molecule has 0 fully saturated rings. The Bertz CT molecular complexity index is 612. The van der Waals surface area contributed by atoms with E-state index in [0.717, 1.165) is 0 Å². The zero-order chi connectivity index (χ0) is 14.7. The molecule has 2 rings (SSSR count). The van der Waals surface area contributed by atoms with Crippen molar-refractivity contribution in [1.82, 2.24) is 15.5 Å². The molecule has 1 aromatic heterocycles. The number of amides is 1. The van der Waals surface area contributed by atoms with E-state index in [2.05, 4.69) is 15.5 Å². The third-order valence-electron chi connectivity index (χ3n) is 2.67. The Morgan fingerprint density at radius 3 is 2.85 bits per heavy atom. The molecule has 0 spiro atoms. The lowest BCUT2D eigenvalue weighted by Gasteiger charge is -2.11. The molecule has 1 amide bonds. The molecule has 0 aliphatic carbocycles. The highest BCUT2D eigenvalue weighted by atomic mass is 19.1. The van der Waals surface area contributed by atoms with E-state index in [9.17, 15) is 9.18 Å². The Kier molecular flexibility index (Phi) is 4.09. The van der Waals surface area contributed by atoms with Crippen molar-refractivity contribution in [3.63, 3.8) is 0 Å². The van der Waals surface area contributed by atoms with Gasteiger partial charge in [0.25, 0.3) is 0 Å². The van der Waals surface area contributed by atoms with Crippen LogP contribution in [-0.4, -0.2) is 22.1 Å². The lowest BCUT2D eigenvalue weighted by atomic mass is 10.2. The molecule has 3 N–H and O–H groups in total. The van der Waals surface area contributed by atoms with Crippen LogP contribution in [0.15, 0.2) is 28.8 Å². The highest BCUT2D eigenvalue weighted by Gasteiger charge is 2.18. The van der Waals surface area contributed by atoms with E-state index in [1.165, 1.54) is 12.1 Å². The zero-order valence-electron chi connectivity index (χ0n) is 11.1. The summed E-state index contributed by atoms with van der Waals surface area (Å²) in [5, 5.41) is 6.40. The van der Waals surface area contributed by atoms with Gasteiger partial charge in [-0.1, -0.05) is 17.3 Å². The molecule has 0 saturated heterocycles. The summed E-state index contributed by atoms with van der Waals surface area (Å²) in [4.78, 5) is 15.6. The van der Waals surface area contributed by atoms with Crippen molar-refractivity contribution in [3.8, 4) is 11.4 Å². The average molecular weight is 278 g/mol. The minimum Gasteiger partial charge on any atom is -0.343 e. The monoisotopic (exact) mass is 278 g/mol. The van der Waals surface area contributed by atoms with Crippen LogP contribution in [0.1, 0.15) is 25.8 Å². The second kappa shape index (κ2) is 5.79. The first kappa shape index (κ1) is 14.1. The Morgan fingerprint density at radius 2 is 2.20 bits per heavy atom. The molecule has 1 unspecified atom stereocenters. The van der Waals surface area contributed by atoms with Crippen LogP contribution in [0.5, 0.6) is 0 Å². The largest absolute Gasteiger partial charge is 0.343 e. The smallest absolute Gasteiger partial charge is 0.249 e. The van der Waals surface area contributed by atoms with E-state index in [1.54, 1.807) is 26.0 Å². The van der Waals surface area contributed by atoms with Crippen LogP contribution in [-0.2, 0) is 4.79 Å². The number of hydrogen-bond acceptors (Lipinski definition) is 5. The Morgan fingerprint density at radius 1 is 1.45 bits per heavy atom. The van der Waals surface area contributed by atoms with Crippen LogP contribution in [0.3, 0.4) is 0 Å². The molecule has 20 heavy (non-hydrogen) atoms. The first-order valence-corrected chi connectivity index (χ1v) is 6.13. The van der Waals surface area contributed by atoms with Crippen molar-refractivity contribution in [3.05, 3.63) is 36.0 Å². The fourth-order valence-electron chi connectivity index (χ4n) is 1.56. The van der Waals surface area contributed by atoms with Gasteiger partial charge < -0.3 is 15.6 Å². The topological polar surface area (TPSA) is 94.0 Å². The lowest BCUT2D eigenvalue weighted by Crippen LogP contribution is -2.39. The SMILES string of the molecule is CC(NC(=O)[C@H](C)N)c1nc(-c2cccc(F)c2)no1. The first-order chi connectivity index (χ1) is 9.47. The van der Waals surface area contributed by atoms with Crippen LogP contribution in [0.25, 0.3) is 11.4 Å². The van der Waals surface area contributed by atoms with Crippen LogP contribution >= 0.6 is 0 Å². The van der Waals surface area contributed by atoms with Crippen molar-refractivity contribution in [2.45, 2.75) is 25.9 Å². The maximum Gasteiger partial charge on any atom is 0.249 e. The zero-order valence-corrected chi connectivity index (χ0v) is 11.1. The maximum atomic E-state index is 13.1. The third kappa shape index (κ3) is 3.18. The van der Waals surface area contributed by atoms with Crippen molar-refractivity contribution in [1.29, 1.82) is 0 Å². The number of nitrogens with one attached hydrogen (secondary N) is 1. The van der Waals surface area contributed by atoms with Gasteiger partial charge in [0.1, 0.15) is 11.9 Å². The minimum absolute atomic E-state index is 0.235. The Balaban J connectivity index is 2.14. The number of carbonyl (C=O) groups excluding carboxylic acids is 1. The van der Waals surface area contributed by atoms with Gasteiger partial charge in [0.15, 0.2) is 0 Å². The van der Waals surface area contributed by atoms with Gasteiger partial charge in [-0.3, -0.25) is 4.79 Å². The summed E-state index contributed by atoms with van der Waals surface area (Å²) in [5.41, 5.74) is 5.96. The summed E-state index contributed by atoms with van der Waals surface area (Å²) >= 11 is 0. The summed E-state index contributed by atoms with van der Waals surface area (Å²) < 4.78 is 18.2. The number of nitrogens with zero attached hydrogens (tertiary/aromatic N) is 2. The number of carbonyl (C=O) groups is 1. The summed E-state index contributed by atoms with van der Waals surface area (Å²) in [6, 6.07) is 4.77. The molecule has 1 aromatic carbocycles. The number of halogens is 1. The van der Waals surface area contributed by atoms with E-state index in [1.807, 2.05) is 0 Å². The molecule has 0 bridgehead atoms. The summed E-state index contributed by atoms with van der Waals surface area (Å²) in [6.45, 7) is 3.27. The van der Waals surface area contributed by atoms with Crippen LogP contribution in [0.2, 0.25) is 0 Å². The van der Waals surface area contributed by atoms with Crippen molar-refractivity contribution >= 4 is 5.91 Å². The van der Waals surface area contributed by atoms with E-state index in [-0.39, 0.29) is 23.4 Å². The summed E-state index contributed by atoms with van der Waals surface area (Å²) in [6.07, 6.45) is 0. The highest BCUT2D eigenvalue weighted by molar-refractivity contribution is 5.81. The van der Waals surface area contributed by atoms with Crippen LogP contribution in [0.4, 0.5) is 4.39 Å². The number of nitrogens with two attached hydrogens (primary N) is 1. The first-order valence-electron chi connectivity index (χ1n) is 6.13. The molecule has 0 aliphatic heterocycles. The van der Waals surface area contributed by atoms with E-state index in [4.69, 9.17) is 10.3 Å². The Labute approximate surface area is 115 Å². The second-order valence-electron chi connectivity index (χ2n) is 4.49. The van der Waals surface area contributed by atoms with Crippen molar-refractivity contribution < 1.29 is 13.7 Å². The maximum absolute atomic E-state index is 13.1. The predicted molar refractivity (Wildman–Crippen MR) is 69.9 cm³/mol.